The van der Waals surface area contributed by atoms with E-state index in [9.17, 15) is 28.8 Å². The van der Waals surface area contributed by atoms with Crippen molar-refractivity contribution in [3.05, 3.63) is 0 Å². The summed E-state index contributed by atoms with van der Waals surface area (Å²) in [6.45, 7) is -0.567. The van der Waals surface area contributed by atoms with Crippen LogP contribution in [0.3, 0.4) is 0 Å². The van der Waals surface area contributed by atoms with Gasteiger partial charge in [0.25, 0.3) is 0 Å². The van der Waals surface area contributed by atoms with E-state index in [1.807, 2.05) is 12.5 Å². The van der Waals surface area contributed by atoms with Crippen molar-refractivity contribution in [1.82, 2.24) is 10.6 Å². The highest BCUT2D eigenvalue weighted by Gasteiger charge is 2.21. The molecule has 0 fully saturated rings. The monoisotopic (exact) mass is 635 g/mol. The van der Waals surface area contributed by atoms with E-state index in [0.29, 0.717) is 12.8 Å². The van der Waals surface area contributed by atoms with Crippen LogP contribution < -0.4 is 27.8 Å². The van der Waals surface area contributed by atoms with Gasteiger partial charge in [-0.05, 0) is 64.9 Å². The van der Waals surface area contributed by atoms with E-state index in [4.69, 9.17) is 27.4 Å². The Balaban J connectivity index is 0. The van der Waals surface area contributed by atoms with Crippen LogP contribution in [0.4, 0.5) is 0 Å². The molecule has 0 aliphatic rings. The summed E-state index contributed by atoms with van der Waals surface area (Å²) in [5, 5.41) is 21.1. The molecule has 13 nitrogen and oxygen atoms in total. The minimum atomic E-state index is -1.22. The zero-order valence-electron chi connectivity index (χ0n) is 21.1. The molecule has 18 heteroatoms. The summed E-state index contributed by atoms with van der Waals surface area (Å²) < 4.78 is 0. The summed E-state index contributed by atoms with van der Waals surface area (Å²) in [6, 6.07) is -3.14. The van der Waals surface area contributed by atoms with E-state index in [1.54, 1.807) is 23.5 Å². The van der Waals surface area contributed by atoms with Crippen molar-refractivity contribution >= 4 is 91.7 Å². The van der Waals surface area contributed by atoms with E-state index in [1.165, 1.54) is 0 Å². The van der Waals surface area contributed by atoms with Gasteiger partial charge in [0.2, 0.25) is 22.0 Å². The average molecular weight is 636 g/mol. The number of amides is 2. The maximum atomic E-state index is 11.6. The summed E-state index contributed by atoms with van der Waals surface area (Å²) in [6.07, 6.45) is 4.97. The Morgan fingerprint density at radius 3 is 1.66 bits per heavy atom. The Morgan fingerprint density at radius 1 is 0.816 bits per heavy atom. The largest absolute Gasteiger partial charge is 0.480 e. The molecule has 0 radical (unpaired) electrons. The first-order valence-corrected chi connectivity index (χ1v) is 16.7. The maximum Gasteiger partial charge on any atom is 0.322 e. The predicted octanol–water partition coefficient (Wildman–Crippen LogP) is -0.624. The van der Waals surface area contributed by atoms with Crippen LogP contribution in [-0.4, -0.2) is 105 Å². The molecule has 0 rings (SSSR count). The van der Waals surface area contributed by atoms with Gasteiger partial charge in [0, 0.05) is 12.2 Å². The summed E-state index contributed by atoms with van der Waals surface area (Å²) >= 11 is 7.17. The third kappa shape index (κ3) is 20.8. The lowest BCUT2D eigenvalue weighted by atomic mass is 10.1. The lowest BCUT2D eigenvalue weighted by molar-refractivity contribution is -0.139. The molecule has 0 aliphatic heterocycles. The lowest BCUT2D eigenvalue weighted by Gasteiger charge is -2.16. The molecule has 2 unspecified atom stereocenters. The number of thioether (sulfide) groups is 2. The number of nitrogens with two attached hydrogens (primary N) is 3. The normalized spacial score (nSPS) is 13.6. The zero-order valence-corrected chi connectivity index (χ0v) is 25.3. The molecule has 0 spiro atoms. The number of hydrogen-bond donors (Lipinski definition) is 8. The molecule has 0 saturated carbocycles. The van der Waals surface area contributed by atoms with Crippen LogP contribution in [-0.2, 0) is 28.8 Å². The molecule has 0 aliphatic carbocycles. The topological polar surface area (TPSA) is 245 Å². The molecule has 0 heterocycles. The van der Waals surface area contributed by atoms with E-state index in [-0.39, 0.29) is 28.8 Å². The van der Waals surface area contributed by atoms with Gasteiger partial charge in [-0.3, -0.25) is 28.8 Å². The number of thiol groups is 1. The highest BCUT2D eigenvalue weighted by Crippen LogP contribution is 2.26. The fourth-order valence-corrected chi connectivity index (χ4v) is 5.21. The van der Waals surface area contributed by atoms with Gasteiger partial charge in [0.05, 0.1) is 12.1 Å². The quantitative estimate of drug-likeness (QED) is 0.0733. The van der Waals surface area contributed by atoms with Gasteiger partial charge >= 0.3 is 11.9 Å². The number of rotatable bonds is 17. The number of nitrogens with one attached hydrogen (secondary N) is 2. The van der Waals surface area contributed by atoms with Crippen molar-refractivity contribution in [3.63, 3.8) is 0 Å². The van der Waals surface area contributed by atoms with Crippen molar-refractivity contribution in [1.29, 1.82) is 0 Å². The SMILES string of the molecule is CSCCC(N)C(=O)SSC(=O)C(N)CCSC.N[C@@H](CCC(=O)N[C@@H](CS)C(=O)NCC(=O)O)C(=O)O. The summed E-state index contributed by atoms with van der Waals surface area (Å²) in [4.78, 5) is 66.9. The van der Waals surface area contributed by atoms with E-state index in [0.717, 1.165) is 33.1 Å². The minimum Gasteiger partial charge on any atom is -0.480 e. The molecule has 2 amide bonds. The number of aliphatic carboxylic acids is 2. The molecule has 0 bridgehead atoms. The first kappa shape index (κ1) is 39.0. The third-order valence-corrected chi connectivity index (χ3v) is 8.23. The number of carboxylic acids is 2. The minimum absolute atomic E-state index is 0.0256. The van der Waals surface area contributed by atoms with Crippen LogP contribution >= 0.6 is 57.7 Å². The van der Waals surface area contributed by atoms with E-state index >= 15 is 0 Å². The summed E-state index contributed by atoms with van der Waals surface area (Å²) in [7, 11) is 1.82. The molecule has 220 valence electrons. The highest BCUT2D eigenvalue weighted by atomic mass is 33.1. The van der Waals surface area contributed by atoms with Gasteiger partial charge in [-0.25, -0.2) is 0 Å². The molecule has 0 aromatic rings. The molecule has 4 atom stereocenters. The second kappa shape index (κ2) is 23.7. The zero-order chi connectivity index (χ0) is 29.7. The number of carbonyl (C=O) groups is 6. The summed E-state index contributed by atoms with van der Waals surface area (Å²) in [5.74, 6) is -2.01. The van der Waals surface area contributed by atoms with Crippen molar-refractivity contribution < 1.29 is 39.0 Å². The van der Waals surface area contributed by atoms with Gasteiger partial charge in [-0.15, -0.1) is 0 Å². The second-order valence-electron chi connectivity index (χ2n) is 7.48. The smallest absolute Gasteiger partial charge is 0.322 e. The number of carbonyl (C=O) groups excluding carboxylic acids is 4. The van der Waals surface area contributed by atoms with Crippen LogP contribution in [0.15, 0.2) is 0 Å². The Bertz CT molecular complexity index is 754. The van der Waals surface area contributed by atoms with Crippen molar-refractivity contribution in [2.75, 3.05) is 36.3 Å². The van der Waals surface area contributed by atoms with Crippen molar-refractivity contribution in [2.24, 2.45) is 17.2 Å². The first-order chi connectivity index (χ1) is 17.8. The van der Waals surface area contributed by atoms with Gasteiger partial charge in [0.1, 0.15) is 18.6 Å². The van der Waals surface area contributed by atoms with Gasteiger partial charge in [-0.2, -0.15) is 36.2 Å². The highest BCUT2D eigenvalue weighted by molar-refractivity contribution is 8.87. The average Bonchev–Trinajstić information content (AvgIpc) is 2.88. The number of carboxylic acid groups (broad SMARTS) is 2. The van der Waals surface area contributed by atoms with Crippen LogP contribution in [0.25, 0.3) is 0 Å². The van der Waals surface area contributed by atoms with Crippen molar-refractivity contribution in [2.45, 2.75) is 49.9 Å². The summed E-state index contributed by atoms with van der Waals surface area (Å²) in [5.41, 5.74) is 16.6. The fraction of sp³-hybridized carbons (Fsp3) is 0.700. The van der Waals surface area contributed by atoms with Gasteiger partial charge in [0.15, 0.2) is 0 Å². The Hall–Kier alpha value is -1.15. The van der Waals surface area contributed by atoms with Crippen molar-refractivity contribution in [3.8, 4) is 0 Å². The molecule has 10 N–H and O–H groups in total. The van der Waals surface area contributed by atoms with Gasteiger partial charge in [-0.1, -0.05) is 0 Å². The molecular weight excluding hydrogens is 599 g/mol. The maximum absolute atomic E-state index is 11.6. The lowest BCUT2D eigenvalue weighted by Crippen LogP contribution is -2.49. The Morgan fingerprint density at radius 2 is 1.29 bits per heavy atom. The molecular formula is C20H37N5O8S5. The molecule has 38 heavy (non-hydrogen) atoms. The van der Waals surface area contributed by atoms with Crippen LogP contribution in [0.2, 0.25) is 0 Å². The number of hydrogen-bond acceptors (Lipinski definition) is 14. The second-order valence-corrected chi connectivity index (χ2v) is 12.0. The van der Waals surface area contributed by atoms with Crippen LogP contribution in [0.5, 0.6) is 0 Å². The van der Waals surface area contributed by atoms with Crippen LogP contribution in [0.1, 0.15) is 25.7 Å². The van der Waals surface area contributed by atoms with E-state index < -0.39 is 54.5 Å². The molecule has 0 aromatic heterocycles. The van der Waals surface area contributed by atoms with Crippen LogP contribution in [0, 0.1) is 0 Å². The predicted molar refractivity (Wildman–Crippen MR) is 158 cm³/mol. The molecule has 0 aromatic carbocycles. The fourth-order valence-electron chi connectivity index (χ4n) is 2.09. The Labute approximate surface area is 243 Å². The standard InChI is InChI=1S/C10H17N3O6S.C10H20N2O2S4/c11-5(10(18)19)1-2-7(14)13-6(4-20)9(17)12-3-8(15)16;1-15-5-3-7(11)9(13)17-18-10(14)8(12)4-6-16-2/h5-6,20H,1-4,11H2,(H,12,17)(H,13,14)(H,15,16)(H,18,19);7-8H,3-6,11-12H2,1-2H3/t5-,6-;/m0./s1. The van der Waals surface area contributed by atoms with Gasteiger partial charge < -0.3 is 38.0 Å². The Kier molecular flexibility index (Phi) is 24.3. The third-order valence-electron chi connectivity index (χ3n) is 4.33. The van der Waals surface area contributed by atoms with E-state index in [2.05, 4.69) is 23.3 Å². The molecule has 0 saturated heterocycles. The first-order valence-electron chi connectivity index (χ1n) is 11.1.